The fourth-order valence-electron chi connectivity index (χ4n) is 5.06. The van der Waals surface area contributed by atoms with E-state index in [0.29, 0.717) is 5.92 Å². The van der Waals surface area contributed by atoms with Crippen molar-refractivity contribution in [2.45, 2.75) is 71.1 Å². The summed E-state index contributed by atoms with van der Waals surface area (Å²) in [6, 6.07) is 2.94. The minimum absolute atomic E-state index is 0.0767. The lowest BCUT2D eigenvalue weighted by Gasteiger charge is -2.37. The zero-order valence-electron chi connectivity index (χ0n) is 16.7. The molecule has 0 radical (unpaired) electrons. The highest BCUT2D eigenvalue weighted by Crippen LogP contribution is 2.42. The molecule has 1 aromatic rings. The van der Waals surface area contributed by atoms with Crippen LogP contribution in [0.2, 0.25) is 0 Å². The van der Waals surface area contributed by atoms with Crippen molar-refractivity contribution in [2.24, 2.45) is 23.7 Å². The second kappa shape index (κ2) is 9.58. The molecule has 0 heterocycles. The van der Waals surface area contributed by atoms with Crippen LogP contribution in [0.3, 0.4) is 0 Å². The monoisotopic (exact) mass is 374 g/mol. The van der Waals surface area contributed by atoms with Crippen molar-refractivity contribution in [1.82, 2.24) is 0 Å². The summed E-state index contributed by atoms with van der Waals surface area (Å²) in [5.41, 5.74) is 0.129. The van der Waals surface area contributed by atoms with Gasteiger partial charge in [-0.25, -0.2) is 4.39 Å². The summed E-state index contributed by atoms with van der Waals surface area (Å²) < 4.78 is 32.6. The van der Waals surface area contributed by atoms with E-state index in [9.17, 15) is 8.78 Å². The summed E-state index contributed by atoms with van der Waals surface area (Å²) in [5.74, 6) is 7.15. The highest BCUT2D eigenvalue weighted by Gasteiger charge is 2.30. The van der Waals surface area contributed by atoms with Crippen LogP contribution in [0, 0.1) is 47.1 Å². The van der Waals surface area contributed by atoms with Crippen LogP contribution in [0.25, 0.3) is 0 Å². The smallest absolute Gasteiger partial charge is 0.201 e. The number of ether oxygens (including phenoxy) is 1. The summed E-state index contributed by atoms with van der Waals surface area (Å²) in [4.78, 5) is 0. The molecule has 0 aliphatic heterocycles. The van der Waals surface area contributed by atoms with Crippen LogP contribution >= 0.6 is 0 Å². The molecule has 1 nitrogen and oxygen atoms in total. The first-order valence-electron chi connectivity index (χ1n) is 10.7. The van der Waals surface area contributed by atoms with E-state index < -0.39 is 11.6 Å². The van der Waals surface area contributed by atoms with Gasteiger partial charge in [-0.1, -0.05) is 44.4 Å². The Labute approximate surface area is 162 Å². The van der Waals surface area contributed by atoms with Gasteiger partial charge in [0.25, 0.3) is 0 Å². The Hall–Kier alpha value is -1.56. The molecule has 0 amide bonds. The van der Waals surface area contributed by atoms with E-state index in [1.54, 1.807) is 0 Å². The Balaban J connectivity index is 1.51. The van der Waals surface area contributed by atoms with Gasteiger partial charge in [0.2, 0.25) is 5.82 Å². The second-order valence-corrected chi connectivity index (χ2v) is 8.39. The molecule has 2 aliphatic rings. The van der Waals surface area contributed by atoms with Crippen LogP contribution in [-0.4, -0.2) is 7.11 Å². The van der Waals surface area contributed by atoms with Crippen molar-refractivity contribution in [3.05, 3.63) is 29.3 Å². The third-order valence-electron chi connectivity index (χ3n) is 6.70. The Morgan fingerprint density at radius 3 is 2.15 bits per heavy atom. The summed E-state index contributed by atoms with van der Waals surface area (Å²) >= 11 is 0. The number of benzene rings is 1. The Morgan fingerprint density at radius 2 is 1.56 bits per heavy atom. The van der Waals surface area contributed by atoms with Crippen LogP contribution in [-0.2, 0) is 0 Å². The molecular formula is C24H32F2O. The van der Waals surface area contributed by atoms with E-state index >= 15 is 0 Å². The van der Waals surface area contributed by atoms with Crippen molar-refractivity contribution < 1.29 is 13.5 Å². The molecule has 148 valence electrons. The van der Waals surface area contributed by atoms with Crippen molar-refractivity contribution in [3.63, 3.8) is 0 Å². The quantitative estimate of drug-likeness (QED) is 0.530. The molecule has 3 rings (SSSR count). The van der Waals surface area contributed by atoms with Crippen molar-refractivity contribution in [2.75, 3.05) is 7.11 Å². The van der Waals surface area contributed by atoms with Crippen molar-refractivity contribution in [1.29, 1.82) is 0 Å². The van der Waals surface area contributed by atoms with Gasteiger partial charge in [0, 0.05) is 5.92 Å². The standard InChI is InChI=1S/C24H32F2O/c1-3-4-17-5-10-19(11-6-17)20-12-7-18(8-13-20)9-14-21-15-16-22(27-2)24(26)23(21)25/h15-20H,3-8,10-13H2,1-2H3. The van der Waals surface area contributed by atoms with E-state index in [2.05, 4.69) is 18.8 Å². The molecule has 0 saturated heterocycles. The normalized spacial score (nSPS) is 28.3. The molecule has 3 heteroatoms. The molecule has 27 heavy (non-hydrogen) atoms. The van der Waals surface area contributed by atoms with Gasteiger partial charge in [0.05, 0.1) is 12.7 Å². The Kier molecular flexibility index (Phi) is 7.16. The van der Waals surface area contributed by atoms with E-state index in [-0.39, 0.29) is 11.3 Å². The second-order valence-electron chi connectivity index (χ2n) is 8.39. The molecule has 0 atom stereocenters. The number of hydrogen-bond acceptors (Lipinski definition) is 1. The first-order valence-corrected chi connectivity index (χ1v) is 10.7. The van der Waals surface area contributed by atoms with Gasteiger partial charge in [0.15, 0.2) is 11.6 Å². The van der Waals surface area contributed by atoms with Crippen LogP contribution < -0.4 is 4.74 Å². The molecule has 0 unspecified atom stereocenters. The zero-order chi connectivity index (χ0) is 19.2. The first kappa shape index (κ1) is 20.2. The fraction of sp³-hybridized carbons (Fsp3) is 0.667. The van der Waals surface area contributed by atoms with Crippen molar-refractivity contribution >= 4 is 0 Å². The van der Waals surface area contributed by atoms with Gasteiger partial charge < -0.3 is 4.74 Å². The topological polar surface area (TPSA) is 9.23 Å². The van der Waals surface area contributed by atoms with Crippen LogP contribution in [0.15, 0.2) is 12.1 Å². The largest absolute Gasteiger partial charge is 0.494 e. The highest BCUT2D eigenvalue weighted by atomic mass is 19.2. The first-order chi connectivity index (χ1) is 13.1. The van der Waals surface area contributed by atoms with Crippen LogP contribution in [0.4, 0.5) is 8.78 Å². The molecule has 0 N–H and O–H groups in total. The van der Waals surface area contributed by atoms with Gasteiger partial charge in [-0.2, -0.15) is 4.39 Å². The molecule has 0 bridgehead atoms. The number of methoxy groups -OCH3 is 1. The third kappa shape index (κ3) is 5.03. The minimum atomic E-state index is -0.952. The number of rotatable bonds is 4. The summed E-state index contributed by atoms with van der Waals surface area (Å²) in [6.07, 6.45) is 13.0. The number of hydrogen-bond donors (Lipinski definition) is 0. The molecule has 2 fully saturated rings. The minimum Gasteiger partial charge on any atom is -0.494 e. The molecular weight excluding hydrogens is 342 g/mol. The molecule has 2 saturated carbocycles. The molecule has 2 aliphatic carbocycles. The SMILES string of the molecule is CCCC1CCC(C2CCC(C#Cc3ccc(OC)c(F)c3F)CC2)CC1. The molecule has 1 aromatic carbocycles. The predicted molar refractivity (Wildman–Crippen MR) is 106 cm³/mol. The maximum absolute atomic E-state index is 14.0. The maximum Gasteiger partial charge on any atom is 0.201 e. The lowest BCUT2D eigenvalue weighted by Crippen LogP contribution is -2.25. The van der Waals surface area contributed by atoms with E-state index in [1.165, 1.54) is 70.6 Å². The van der Waals surface area contributed by atoms with Gasteiger partial charge in [-0.05, 0) is 68.4 Å². The predicted octanol–water partition coefficient (Wildman–Crippen LogP) is 6.74. The maximum atomic E-state index is 14.0. The van der Waals surface area contributed by atoms with Crippen molar-refractivity contribution in [3.8, 4) is 17.6 Å². The average molecular weight is 375 g/mol. The van der Waals surface area contributed by atoms with E-state index in [1.807, 2.05) is 0 Å². The average Bonchev–Trinajstić information content (AvgIpc) is 2.70. The van der Waals surface area contributed by atoms with Crippen LogP contribution in [0.1, 0.15) is 76.7 Å². The van der Waals surface area contributed by atoms with E-state index in [4.69, 9.17) is 4.74 Å². The van der Waals surface area contributed by atoms with Crippen LogP contribution in [0.5, 0.6) is 5.75 Å². The van der Waals surface area contributed by atoms with E-state index in [0.717, 1.165) is 30.6 Å². The summed E-state index contributed by atoms with van der Waals surface area (Å²) in [6.45, 7) is 2.29. The molecule has 0 spiro atoms. The fourth-order valence-corrected chi connectivity index (χ4v) is 5.06. The Bertz CT molecular complexity index is 672. The lowest BCUT2D eigenvalue weighted by molar-refractivity contribution is 0.154. The highest BCUT2D eigenvalue weighted by molar-refractivity contribution is 5.41. The summed E-state index contributed by atoms with van der Waals surface area (Å²) in [7, 11) is 1.33. The van der Waals surface area contributed by atoms with Gasteiger partial charge in [-0.15, -0.1) is 0 Å². The third-order valence-corrected chi connectivity index (χ3v) is 6.70. The van der Waals surface area contributed by atoms with Gasteiger partial charge in [0.1, 0.15) is 0 Å². The molecule has 0 aromatic heterocycles. The summed E-state index contributed by atoms with van der Waals surface area (Å²) in [5, 5.41) is 0. The Morgan fingerprint density at radius 1 is 0.926 bits per heavy atom. The van der Waals surface area contributed by atoms with Gasteiger partial charge in [-0.3, -0.25) is 0 Å². The lowest BCUT2D eigenvalue weighted by atomic mass is 9.69. The van der Waals surface area contributed by atoms with Gasteiger partial charge >= 0.3 is 0 Å². The zero-order valence-corrected chi connectivity index (χ0v) is 16.7. The number of halogens is 2.